The van der Waals surface area contributed by atoms with E-state index in [4.69, 9.17) is 5.73 Å². The van der Waals surface area contributed by atoms with E-state index in [0.717, 1.165) is 12.2 Å². The number of hydrogen-bond acceptors (Lipinski definition) is 2. The molecule has 0 radical (unpaired) electrons. The predicted molar refractivity (Wildman–Crippen MR) is 35.8 cm³/mol. The van der Waals surface area contributed by atoms with E-state index >= 15 is 0 Å². The Labute approximate surface area is 54.5 Å². The largest absolute Gasteiger partial charge is 0.325 e. The van der Waals surface area contributed by atoms with E-state index in [9.17, 15) is 0 Å². The molecular formula is C6H11N3. The van der Waals surface area contributed by atoms with Gasteiger partial charge in [0, 0.05) is 19.3 Å². The molecule has 0 aliphatic carbocycles. The third kappa shape index (κ3) is 1.10. The van der Waals surface area contributed by atoms with E-state index in [0.29, 0.717) is 6.54 Å². The Kier molecular flexibility index (Phi) is 1.85. The first-order valence-electron chi connectivity index (χ1n) is 3.09. The van der Waals surface area contributed by atoms with Gasteiger partial charge in [-0.05, 0) is 13.0 Å². The number of aryl methyl sites for hydroxylation is 1. The van der Waals surface area contributed by atoms with Gasteiger partial charge in [-0.2, -0.15) is 5.10 Å². The Morgan fingerprint density at radius 1 is 1.78 bits per heavy atom. The van der Waals surface area contributed by atoms with Crippen molar-refractivity contribution in [3.8, 4) is 0 Å². The molecule has 0 aliphatic rings. The minimum absolute atomic E-state index is 0.577. The van der Waals surface area contributed by atoms with Crippen molar-refractivity contribution in [2.45, 2.75) is 20.0 Å². The fourth-order valence-electron chi connectivity index (χ4n) is 0.818. The summed E-state index contributed by atoms with van der Waals surface area (Å²) in [5.74, 6) is 0. The highest BCUT2D eigenvalue weighted by atomic mass is 15.3. The molecule has 0 bridgehead atoms. The Morgan fingerprint density at radius 2 is 2.56 bits per heavy atom. The summed E-state index contributed by atoms with van der Waals surface area (Å²) in [6.07, 6.45) is 1.77. The maximum Gasteiger partial charge on any atom is 0.0519 e. The molecule has 0 saturated carbocycles. The van der Waals surface area contributed by atoms with E-state index in [-0.39, 0.29) is 0 Å². The van der Waals surface area contributed by atoms with Gasteiger partial charge in [-0.15, -0.1) is 0 Å². The molecule has 3 nitrogen and oxygen atoms in total. The van der Waals surface area contributed by atoms with E-state index in [1.807, 2.05) is 17.7 Å². The molecule has 0 aromatic carbocycles. The number of nitrogens with two attached hydrogens (primary N) is 1. The Hall–Kier alpha value is -0.830. The second-order valence-corrected chi connectivity index (χ2v) is 1.84. The molecule has 1 rings (SSSR count). The average molecular weight is 125 g/mol. The summed E-state index contributed by atoms with van der Waals surface area (Å²) < 4.78 is 1.89. The summed E-state index contributed by atoms with van der Waals surface area (Å²) in [6.45, 7) is 3.53. The lowest BCUT2D eigenvalue weighted by Crippen LogP contribution is -2.06. The van der Waals surface area contributed by atoms with Crippen LogP contribution in [0.2, 0.25) is 0 Å². The number of rotatable bonds is 2. The van der Waals surface area contributed by atoms with Crippen molar-refractivity contribution in [2.75, 3.05) is 0 Å². The second kappa shape index (κ2) is 2.64. The summed E-state index contributed by atoms with van der Waals surface area (Å²) in [4.78, 5) is 0. The normalized spacial score (nSPS) is 10.0. The van der Waals surface area contributed by atoms with Crippen molar-refractivity contribution in [3.63, 3.8) is 0 Å². The lowest BCUT2D eigenvalue weighted by molar-refractivity contribution is 0.623. The highest BCUT2D eigenvalue weighted by molar-refractivity contribution is 4.98. The van der Waals surface area contributed by atoms with Crippen molar-refractivity contribution >= 4 is 0 Å². The molecule has 0 unspecified atom stereocenters. The summed E-state index contributed by atoms with van der Waals surface area (Å²) >= 11 is 0. The zero-order valence-electron chi connectivity index (χ0n) is 5.54. The van der Waals surface area contributed by atoms with Crippen molar-refractivity contribution in [1.82, 2.24) is 9.78 Å². The number of nitrogens with zero attached hydrogens (tertiary/aromatic N) is 2. The second-order valence-electron chi connectivity index (χ2n) is 1.84. The highest BCUT2D eigenvalue weighted by Gasteiger charge is 1.94. The van der Waals surface area contributed by atoms with Gasteiger partial charge < -0.3 is 5.73 Å². The summed E-state index contributed by atoms with van der Waals surface area (Å²) in [6, 6.07) is 1.93. The third-order valence-electron chi connectivity index (χ3n) is 1.31. The van der Waals surface area contributed by atoms with E-state index in [1.54, 1.807) is 6.20 Å². The number of hydrogen-bond donors (Lipinski definition) is 1. The molecule has 50 valence electrons. The quantitative estimate of drug-likeness (QED) is 0.620. The first-order valence-corrected chi connectivity index (χ1v) is 3.09. The summed E-state index contributed by atoms with van der Waals surface area (Å²) in [7, 11) is 0. The van der Waals surface area contributed by atoms with Crippen LogP contribution in [0.5, 0.6) is 0 Å². The molecule has 1 aromatic rings. The predicted octanol–water partition coefficient (Wildman–Crippen LogP) is 0.362. The minimum atomic E-state index is 0.577. The van der Waals surface area contributed by atoms with Gasteiger partial charge in [-0.1, -0.05) is 0 Å². The van der Waals surface area contributed by atoms with Crippen LogP contribution in [0.1, 0.15) is 12.6 Å². The first kappa shape index (κ1) is 6.29. The van der Waals surface area contributed by atoms with E-state index in [2.05, 4.69) is 5.10 Å². The van der Waals surface area contributed by atoms with Gasteiger partial charge in [0.05, 0.1) is 5.69 Å². The first-order chi connectivity index (χ1) is 4.38. The molecule has 0 atom stereocenters. The lowest BCUT2D eigenvalue weighted by atomic mass is 10.4. The molecular weight excluding hydrogens is 114 g/mol. The van der Waals surface area contributed by atoms with Gasteiger partial charge in [0.25, 0.3) is 0 Å². The van der Waals surface area contributed by atoms with Crippen LogP contribution in [-0.4, -0.2) is 9.78 Å². The standard InChI is InChI=1S/C6H11N3/c1-2-9-6(5-7)3-4-8-9/h3-4H,2,5,7H2,1H3. The maximum atomic E-state index is 5.41. The van der Waals surface area contributed by atoms with Gasteiger partial charge >= 0.3 is 0 Å². The van der Waals surface area contributed by atoms with Crippen molar-refractivity contribution < 1.29 is 0 Å². The molecule has 3 heteroatoms. The van der Waals surface area contributed by atoms with Crippen LogP contribution < -0.4 is 5.73 Å². The van der Waals surface area contributed by atoms with Crippen LogP contribution in [-0.2, 0) is 13.1 Å². The average Bonchev–Trinajstić information content (AvgIpc) is 2.33. The van der Waals surface area contributed by atoms with Gasteiger partial charge in [-0.25, -0.2) is 0 Å². The van der Waals surface area contributed by atoms with Crippen LogP contribution in [0.15, 0.2) is 12.3 Å². The molecule has 0 aliphatic heterocycles. The molecule has 0 spiro atoms. The third-order valence-corrected chi connectivity index (χ3v) is 1.31. The zero-order valence-corrected chi connectivity index (χ0v) is 5.54. The molecule has 2 N–H and O–H groups in total. The van der Waals surface area contributed by atoms with Crippen LogP contribution in [0.3, 0.4) is 0 Å². The molecule has 0 saturated heterocycles. The zero-order chi connectivity index (χ0) is 6.69. The fourth-order valence-corrected chi connectivity index (χ4v) is 0.818. The van der Waals surface area contributed by atoms with Crippen LogP contribution in [0, 0.1) is 0 Å². The van der Waals surface area contributed by atoms with Gasteiger partial charge in [-0.3, -0.25) is 4.68 Å². The topological polar surface area (TPSA) is 43.8 Å². The Bertz CT molecular complexity index is 162. The van der Waals surface area contributed by atoms with Crippen LogP contribution >= 0.6 is 0 Å². The molecule has 1 heterocycles. The molecule has 0 amide bonds. The van der Waals surface area contributed by atoms with Gasteiger partial charge in [0.2, 0.25) is 0 Å². The molecule has 1 aromatic heterocycles. The van der Waals surface area contributed by atoms with Crippen LogP contribution in [0.25, 0.3) is 0 Å². The van der Waals surface area contributed by atoms with Gasteiger partial charge in [0.15, 0.2) is 0 Å². The Balaban J connectivity index is 2.85. The monoisotopic (exact) mass is 125 g/mol. The van der Waals surface area contributed by atoms with Crippen molar-refractivity contribution in [3.05, 3.63) is 18.0 Å². The molecule has 9 heavy (non-hydrogen) atoms. The highest BCUT2D eigenvalue weighted by Crippen LogP contribution is 1.95. The Morgan fingerprint density at radius 3 is 3.00 bits per heavy atom. The number of aromatic nitrogens is 2. The SMILES string of the molecule is CCn1nccc1CN. The maximum absolute atomic E-state index is 5.41. The van der Waals surface area contributed by atoms with E-state index < -0.39 is 0 Å². The van der Waals surface area contributed by atoms with E-state index in [1.165, 1.54) is 0 Å². The summed E-state index contributed by atoms with van der Waals surface area (Å²) in [5, 5.41) is 4.04. The summed E-state index contributed by atoms with van der Waals surface area (Å²) in [5.41, 5.74) is 6.50. The fraction of sp³-hybridized carbons (Fsp3) is 0.500. The lowest BCUT2D eigenvalue weighted by Gasteiger charge is -1.98. The van der Waals surface area contributed by atoms with Crippen molar-refractivity contribution in [1.29, 1.82) is 0 Å². The van der Waals surface area contributed by atoms with Crippen molar-refractivity contribution in [2.24, 2.45) is 5.73 Å². The smallest absolute Gasteiger partial charge is 0.0519 e. The van der Waals surface area contributed by atoms with Crippen LogP contribution in [0.4, 0.5) is 0 Å². The minimum Gasteiger partial charge on any atom is -0.325 e. The van der Waals surface area contributed by atoms with Gasteiger partial charge in [0.1, 0.15) is 0 Å². The molecule has 0 fully saturated rings.